The van der Waals surface area contributed by atoms with Crippen molar-refractivity contribution >= 4 is 34.6 Å². The first-order valence-electron chi connectivity index (χ1n) is 9.47. The summed E-state index contributed by atoms with van der Waals surface area (Å²) in [4.78, 5) is 17.1. The highest BCUT2D eigenvalue weighted by Gasteiger charge is 2.30. The Balaban J connectivity index is 1.56. The standard InChI is InChI=1S/C21H19ClF3N5O2/c1-2-17-19(30-12-13(22)3-8-18(30)29-17)20(31)28-11-14(26)9-10-27-15-4-6-16(7-5-15)32-21(23,24)25/h3-10,12,26-27H,2,11H2,1H3,(H,28,31)/b10-9-,26-14?. The normalized spacial score (nSPS) is 11.7. The third-order valence-corrected chi connectivity index (χ3v) is 4.49. The average molecular weight is 466 g/mol. The van der Waals surface area contributed by atoms with Gasteiger partial charge in [0.05, 0.1) is 23.0 Å². The fourth-order valence-corrected chi connectivity index (χ4v) is 3.02. The first-order chi connectivity index (χ1) is 15.2. The Labute approximate surface area is 186 Å². The summed E-state index contributed by atoms with van der Waals surface area (Å²) in [5.74, 6) is -0.717. The molecule has 32 heavy (non-hydrogen) atoms. The van der Waals surface area contributed by atoms with Gasteiger partial charge in [-0.3, -0.25) is 9.20 Å². The maximum atomic E-state index is 12.7. The molecule has 11 heteroatoms. The van der Waals surface area contributed by atoms with Crippen LogP contribution in [0, 0.1) is 5.41 Å². The molecule has 3 N–H and O–H groups in total. The molecule has 0 bridgehead atoms. The van der Waals surface area contributed by atoms with Crippen LogP contribution in [0.25, 0.3) is 5.65 Å². The molecular formula is C21H19ClF3N5O2. The highest BCUT2D eigenvalue weighted by molar-refractivity contribution is 6.30. The number of hydrogen-bond donors (Lipinski definition) is 3. The van der Waals surface area contributed by atoms with E-state index < -0.39 is 6.36 Å². The van der Waals surface area contributed by atoms with Gasteiger partial charge in [-0.15, -0.1) is 13.2 Å². The highest BCUT2D eigenvalue weighted by Crippen LogP contribution is 2.24. The number of hydrogen-bond acceptors (Lipinski definition) is 5. The number of benzene rings is 1. The van der Waals surface area contributed by atoms with Crippen molar-refractivity contribution < 1.29 is 22.7 Å². The molecule has 7 nitrogen and oxygen atoms in total. The molecule has 0 aliphatic heterocycles. The van der Waals surface area contributed by atoms with Gasteiger partial charge in [0.25, 0.3) is 5.91 Å². The number of aryl methyl sites for hydroxylation is 1. The molecule has 168 valence electrons. The summed E-state index contributed by atoms with van der Waals surface area (Å²) in [5.41, 5.74) is 2.19. The zero-order valence-electron chi connectivity index (χ0n) is 16.8. The maximum Gasteiger partial charge on any atom is 0.573 e. The van der Waals surface area contributed by atoms with Crippen molar-refractivity contribution in [1.29, 1.82) is 5.41 Å². The Morgan fingerprint density at radius 2 is 1.97 bits per heavy atom. The molecule has 0 saturated heterocycles. The number of halogens is 4. The number of ether oxygens (including phenoxy) is 1. The molecule has 0 aliphatic carbocycles. The molecule has 1 aromatic carbocycles. The number of alkyl halides is 3. The summed E-state index contributed by atoms with van der Waals surface area (Å²) in [5, 5.41) is 13.9. The minimum atomic E-state index is -4.75. The lowest BCUT2D eigenvalue weighted by molar-refractivity contribution is -0.274. The monoisotopic (exact) mass is 465 g/mol. The van der Waals surface area contributed by atoms with E-state index in [2.05, 4.69) is 20.4 Å². The van der Waals surface area contributed by atoms with E-state index in [0.29, 0.717) is 34.2 Å². The van der Waals surface area contributed by atoms with Crippen molar-refractivity contribution in [2.24, 2.45) is 0 Å². The summed E-state index contributed by atoms with van der Waals surface area (Å²) < 4.78 is 41.9. The van der Waals surface area contributed by atoms with Crippen molar-refractivity contribution in [2.75, 3.05) is 11.9 Å². The first-order valence-corrected chi connectivity index (χ1v) is 9.85. The Kier molecular flexibility index (Phi) is 7.04. The van der Waals surface area contributed by atoms with Crippen LogP contribution in [-0.2, 0) is 6.42 Å². The molecule has 0 fully saturated rings. The number of anilines is 1. The largest absolute Gasteiger partial charge is 0.573 e. The van der Waals surface area contributed by atoms with Gasteiger partial charge < -0.3 is 20.8 Å². The summed E-state index contributed by atoms with van der Waals surface area (Å²) in [6.45, 7) is 1.85. The molecule has 0 aliphatic rings. The summed E-state index contributed by atoms with van der Waals surface area (Å²) in [6.07, 6.45) is 0.280. The van der Waals surface area contributed by atoms with Gasteiger partial charge in [0.1, 0.15) is 17.1 Å². The number of carbonyl (C=O) groups excluding carboxylic acids is 1. The predicted octanol–water partition coefficient (Wildman–Crippen LogP) is 4.82. The summed E-state index contributed by atoms with van der Waals surface area (Å²) in [7, 11) is 0. The first kappa shape index (κ1) is 23.1. The molecule has 2 heterocycles. The SMILES string of the molecule is CCc1nc2ccc(Cl)cn2c1C(=O)NCC(=N)/C=C\Nc1ccc(OC(F)(F)F)cc1. The number of imidazole rings is 1. The van der Waals surface area contributed by atoms with E-state index >= 15 is 0 Å². The molecule has 2 aromatic heterocycles. The molecule has 0 radical (unpaired) electrons. The topological polar surface area (TPSA) is 91.5 Å². The number of nitrogens with zero attached hydrogens (tertiary/aromatic N) is 2. The van der Waals surface area contributed by atoms with Crippen molar-refractivity contribution in [3.05, 3.63) is 71.3 Å². The van der Waals surface area contributed by atoms with Crippen LogP contribution in [0.15, 0.2) is 54.9 Å². The fourth-order valence-electron chi connectivity index (χ4n) is 2.86. The molecule has 0 atom stereocenters. The minimum Gasteiger partial charge on any atom is -0.406 e. The van der Waals surface area contributed by atoms with E-state index in [4.69, 9.17) is 17.0 Å². The van der Waals surface area contributed by atoms with Gasteiger partial charge in [-0.25, -0.2) is 4.98 Å². The third kappa shape index (κ3) is 6.01. The second-order valence-electron chi connectivity index (χ2n) is 6.59. The summed E-state index contributed by atoms with van der Waals surface area (Å²) >= 11 is 6.03. The van der Waals surface area contributed by atoms with Gasteiger partial charge in [0.15, 0.2) is 0 Å². The number of fused-ring (bicyclic) bond motifs is 1. The summed E-state index contributed by atoms with van der Waals surface area (Å²) in [6, 6.07) is 8.55. The average Bonchev–Trinajstić information content (AvgIpc) is 3.10. The van der Waals surface area contributed by atoms with Gasteiger partial charge >= 0.3 is 6.36 Å². The molecular weight excluding hydrogens is 447 g/mol. The van der Waals surface area contributed by atoms with Crippen LogP contribution in [0.5, 0.6) is 5.75 Å². The van der Waals surface area contributed by atoms with Crippen LogP contribution in [0.3, 0.4) is 0 Å². The van der Waals surface area contributed by atoms with Gasteiger partial charge in [-0.1, -0.05) is 18.5 Å². The number of amides is 1. The van der Waals surface area contributed by atoms with E-state index in [1.54, 1.807) is 22.7 Å². The second-order valence-corrected chi connectivity index (χ2v) is 7.03. The predicted molar refractivity (Wildman–Crippen MR) is 116 cm³/mol. The lowest BCUT2D eigenvalue weighted by Gasteiger charge is -2.09. The van der Waals surface area contributed by atoms with Crippen LogP contribution in [-0.4, -0.2) is 33.9 Å². The van der Waals surface area contributed by atoms with Crippen LogP contribution in [0.2, 0.25) is 5.02 Å². The number of aromatic nitrogens is 2. The van der Waals surface area contributed by atoms with Crippen LogP contribution >= 0.6 is 11.6 Å². The van der Waals surface area contributed by atoms with Gasteiger partial charge in [0, 0.05) is 18.1 Å². The van der Waals surface area contributed by atoms with Crippen molar-refractivity contribution in [1.82, 2.24) is 14.7 Å². The lowest BCUT2D eigenvalue weighted by atomic mass is 10.2. The fraction of sp³-hybridized carbons (Fsp3) is 0.190. The number of pyridine rings is 1. The zero-order valence-corrected chi connectivity index (χ0v) is 17.6. The van der Waals surface area contributed by atoms with Gasteiger partial charge in [0.2, 0.25) is 0 Å². The number of rotatable bonds is 8. The molecule has 0 saturated carbocycles. The van der Waals surface area contributed by atoms with Crippen molar-refractivity contribution in [3.8, 4) is 5.75 Å². The highest BCUT2D eigenvalue weighted by atomic mass is 35.5. The third-order valence-electron chi connectivity index (χ3n) is 4.27. The number of nitrogens with one attached hydrogen (secondary N) is 3. The minimum absolute atomic E-state index is 0.0354. The molecule has 3 rings (SSSR count). The van der Waals surface area contributed by atoms with Crippen molar-refractivity contribution in [3.63, 3.8) is 0 Å². The van der Waals surface area contributed by atoms with Gasteiger partial charge in [-0.05, 0) is 48.9 Å². The van der Waals surface area contributed by atoms with Crippen molar-refractivity contribution in [2.45, 2.75) is 19.7 Å². The van der Waals surface area contributed by atoms with E-state index in [-0.39, 0.29) is 23.9 Å². The molecule has 3 aromatic rings. The van der Waals surface area contributed by atoms with Crippen LogP contribution in [0.4, 0.5) is 18.9 Å². The van der Waals surface area contributed by atoms with Crippen LogP contribution < -0.4 is 15.4 Å². The van der Waals surface area contributed by atoms with E-state index in [1.165, 1.54) is 36.5 Å². The Morgan fingerprint density at radius 1 is 1.25 bits per heavy atom. The van der Waals surface area contributed by atoms with E-state index in [0.717, 1.165) is 0 Å². The van der Waals surface area contributed by atoms with Gasteiger partial charge in [-0.2, -0.15) is 0 Å². The number of carbonyl (C=O) groups is 1. The Bertz CT molecular complexity index is 1160. The second kappa shape index (κ2) is 9.73. The maximum absolute atomic E-state index is 12.7. The van der Waals surface area contributed by atoms with Crippen LogP contribution in [0.1, 0.15) is 23.1 Å². The van der Waals surface area contributed by atoms with E-state index in [9.17, 15) is 18.0 Å². The Morgan fingerprint density at radius 3 is 2.62 bits per heavy atom. The molecule has 0 unspecified atom stereocenters. The molecule has 0 spiro atoms. The Hall–Kier alpha value is -3.53. The molecule has 1 amide bonds. The quantitative estimate of drug-likeness (QED) is 0.416. The zero-order chi connectivity index (χ0) is 23.3. The lowest BCUT2D eigenvalue weighted by Crippen LogP contribution is -2.30. The smallest absolute Gasteiger partial charge is 0.406 e. The van der Waals surface area contributed by atoms with E-state index in [1.807, 2.05) is 6.92 Å².